The molecule has 4 aromatic rings. The van der Waals surface area contributed by atoms with E-state index in [9.17, 15) is 4.39 Å². The van der Waals surface area contributed by atoms with Crippen LogP contribution in [0.1, 0.15) is 30.0 Å². The molecule has 3 aromatic carbocycles. The monoisotopic (exact) mass is 560 g/mol. The van der Waals surface area contributed by atoms with E-state index in [-0.39, 0.29) is 12.4 Å². The SMILES string of the molecule is CN1CCN(CN2CCC[C@H]2c2ccc3ncnc(Nc4ccc(OCc5cccc(F)c5)c(Cl)c4)c3c2)CC1. The Morgan fingerprint density at radius 1 is 1.00 bits per heavy atom. The zero-order valence-electron chi connectivity index (χ0n) is 22.7. The standard InChI is InChI=1S/C31H34ClFN6O/c1-37-12-14-38(15-13-37)21-39-11-3-6-29(39)23-7-9-28-26(17-23)31(35-20-34-28)36-25-8-10-30(27(32)18-25)40-19-22-4-2-5-24(33)16-22/h2,4-5,7-10,16-18,20,29H,3,6,11-15,19,21H2,1H3,(H,34,35,36)/t29-/m0/s1. The van der Waals surface area contributed by atoms with Crippen LogP contribution < -0.4 is 10.1 Å². The van der Waals surface area contributed by atoms with E-state index < -0.39 is 0 Å². The first-order valence-electron chi connectivity index (χ1n) is 13.9. The highest BCUT2D eigenvalue weighted by Crippen LogP contribution is 2.35. The van der Waals surface area contributed by atoms with Gasteiger partial charge in [-0.15, -0.1) is 0 Å². The minimum Gasteiger partial charge on any atom is -0.487 e. The van der Waals surface area contributed by atoms with E-state index in [1.807, 2.05) is 24.3 Å². The number of aromatic nitrogens is 2. The highest BCUT2D eigenvalue weighted by molar-refractivity contribution is 6.32. The molecule has 208 valence electrons. The van der Waals surface area contributed by atoms with E-state index in [1.54, 1.807) is 12.4 Å². The van der Waals surface area contributed by atoms with Gasteiger partial charge in [0, 0.05) is 49.8 Å². The highest BCUT2D eigenvalue weighted by Gasteiger charge is 2.28. The normalized spacial score (nSPS) is 18.8. The van der Waals surface area contributed by atoms with Crippen LogP contribution in [0.3, 0.4) is 0 Å². The topological polar surface area (TPSA) is 56.8 Å². The molecular formula is C31H34ClFN6O. The number of halogens is 2. The second-order valence-electron chi connectivity index (χ2n) is 10.7. The van der Waals surface area contributed by atoms with E-state index in [0.29, 0.717) is 16.8 Å². The zero-order valence-corrected chi connectivity index (χ0v) is 23.4. The lowest BCUT2D eigenvalue weighted by Gasteiger charge is -2.36. The summed E-state index contributed by atoms with van der Waals surface area (Å²) in [7, 11) is 2.20. The molecule has 9 heteroatoms. The maximum Gasteiger partial charge on any atom is 0.141 e. The smallest absolute Gasteiger partial charge is 0.141 e. The van der Waals surface area contributed by atoms with Gasteiger partial charge in [0.25, 0.3) is 0 Å². The lowest BCUT2D eigenvalue weighted by atomic mass is 10.0. The average Bonchev–Trinajstić information content (AvgIpc) is 3.42. The van der Waals surface area contributed by atoms with Crippen molar-refractivity contribution in [1.82, 2.24) is 24.7 Å². The van der Waals surface area contributed by atoms with Crippen molar-refractivity contribution in [3.8, 4) is 5.75 Å². The van der Waals surface area contributed by atoms with Gasteiger partial charge in [0.1, 0.15) is 30.3 Å². The summed E-state index contributed by atoms with van der Waals surface area (Å²) in [4.78, 5) is 16.7. The first-order chi connectivity index (χ1) is 19.5. The van der Waals surface area contributed by atoms with E-state index in [2.05, 4.69) is 55.2 Å². The van der Waals surface area contributed by atoms with Crippen molar-refractivity contribution in [3.05, 3.63) is 89.0 Å². The van der Waals surface area contributed by atoms with Crippen LogP contribution in [0.4, 0.5) is 15.9 Å². The molecule has 2 aliphatic rings. The lowest BCUT2D eigenvalue weighted by Crippen LogP contribution is -2.48. The van der Waals surface area contributed by atoms with Gasteiger partial charge < -0.3 is 15.0 Å². The van der Waals surface area contributed by atoms with Gasteiger partial charge in [-0.05, 0) is 73.5 Å². The molecule has 2 aliphatic heterocycles. The Bertz CT molecular complexity index is 1480. The second kappa shape index (κ2) is 12.1. The number of nitrogens with zero attached hydrogens (tertiary/aromatic N) is 5. The number of hydrogen-bond acceptors (Lipinski definition) is 7. The molecule has 1 aromatic heterocycles. The van der Waals surface area contributed by atoms with Crippen molar-refractivity contribution < 1.29 is 9.13 Å². The molecule has 0 unspecified atom stereocenters. The Morgan fingerprint density at radius 2 is 1.88 bits per heavy atom. The Kier molecular flexibility index (Phi) is 8.11. The quantitative estimate of drug-likeness (QED) is 0.280. The van der Waals surface area contributed by atoms with Gasteiger partial charge >= 0.3 is 0 Å². The number of likely N-dealkylation sites (tertiary alicyclic amines) is 1. The van der Waals surface area contributed by atoms with Crippen molar-refractivity contribution in [1.29, 1.82) is 0 Å². The predicted octanol–water partition coefficient (Wildman–Crippen LogP) is 6.09. The van der Waals surface area contributed by atoms with Crippen molar-refractivity contribution in [2.45, 2.75) is 25.5 Å². The molecule has 40 heavy (non-hydrogen) atoms. The zero-order chi connectivity index (χ0) is 27.5. The fourth-order valence-electron chi connectivity index (χ4n) is 5.62. The average molecular weight is 561 g/mol. The molecule has 1 atom stereocenters. The Balaban J connectivity index is 1.17. The number of fused-ring (bicyclic) bond motifs is 1. The van der Waals surface area contributed by atoms with Crippen LogP contribution in [0, 0.1) is 5.82 Å². The van der Waals surface area contributed by atoms with E-state index in [0.717, 1.165) is 73.8 Å². The van der Waals surface area contributed by atoms with E-state index in [4.69, 9.17) is 16.3 Å². The number of ether oxygens (including phenoxy) is 1. The summed E-state index contributed by atoms with van der Waals surface area (Å²) in [5, 5.41) is 4.87. The molecule has 3 heterocycles. The van der Waals surface area contributed by atoms with Crippen LogP contribution in [-0.4, -0.2) is 71.1 Å². The number of hydrogen-bond donors (Lipinski definition) is 1. The molecule has 0 bridgehead atoms. The maximum atomic E-state index is 13.5. The molecule has 2 fully saturated rings. The van der Waals surface area contributed by atoms with Crippen molar-refractivity contribution in [2.24, 2.45) is 0 Å². The summed E-state index contributed by atoms with van der Waals surface area (Å²) in [5.41, 5.74) is 3.74. The third-order valence-corrected chi connectivity index (χ3v) is 8.16. The van der Waals surface area contributed by atoms with Crippen molar-refractivity contribution in [2.75, 3.05) is 51.8 Å². The molecule has 0 amide bonds. The molecule has 6 rings (SSSR count). The van der Waals surface area contributed by atoms with Crippen LogP contribution in [0.2, 0.25) is 5.02 Å². The van der Waals surface area contributed by atoms with Crippen LogP contribution in [0.25, 0.3) is 10.9 Å². The summed E-state index contributed by atoms with van der Waals surface area (Å²) in [6, 6.07) is 18.8. The Labute approximate surface area is 239 Å². The molecule has 7 nitrogen and oxygen atoms in total. The minimum atomic E-state index is -0.289. The number of likely N-dealkylation sites (N-methyl/N-ethyl adjacent to an activating group) is 1. The maximum absolute atomic E-state index is 13.5. The molecule has 2 saturated heterocycles. The molecule has 0 saturated carbocycles. The van der Waals surface area contributed by atoms with Crippen molar-refractivity contribution >= 4 is 34.0 Å². The van der Waals surface area contributed by atoms with Gasteiger partial charge in [-0.3, -0.25) is 9.80 Å². The predicted molar refractivity (Wildman–Crippen MR) is 158 cm³/mol. The van der Waals surface area contributed by atoms with Crippen LogP contribution in [-0.2, 0) is 6.61 Å². The highest BCUT2D eigenvalue weighted by atomic mass is 35.5. The minimum absolute atomic E-state index is 0.233. The van der Waals surface area contributed by atoms with Crippen LogP contribution >= 0.6 is 11.6 Å². The molecular weight excluding hydrogens is 527 g/mol. The first kappa shape index (κ1) is 26.9. The Hall–Kier alpha value is -3.30. The summed E-state index contributed by atoms with van der Waals surface area (Å²) in [6.45, 7) is 6.87. The molecule has 1 N–H and O–H groups in total. The fraction of sp³-hybridized carbons (Fsp3) is 0.355. The number of benzene rings is 3. The summed E-state index contributed by atoms with van der Waals surface area (Å²) >= 11 is 6.54. The third-order valence-electron chi connectivity index (χ3n) is 7.86. The number of piperazine rings is 1. The van der Waals surface area contributed by atoms with Crippen LogP contribution in [0.5, 0.6) is 5.75 Å². The van der Waals surface area contributed by atoms with Crippen LogP contribution in [0.15, 0.2) is 67.0 Å². The van der Waals surface area contributed by atoms with Crippen molar-refractivity contribution in [3.63, 3.8) is 0 Å². The van der Waals surface area contributed by atoms with E-state index >= 15 is 0 Å². The van der Waals surface area contributed by atoms with Gasteiger partial charge in [0.05, 0.1) is 17.2 Å². The molecule has 0 radical (unpaired) electrons. The molecule has 0 aliphatic carbocycles. The van der Waals surface area contributed by atoms with Gasteiger partial charge in [-0.25, -0.2) is 14.4 Å². The number of nitrogens with one attached hydrogen (secondary N) is 1. The van der Waals surface area contributed by atoms with Gasteiger partial charge in [0.15, 0.2) is 0 Å². The lowest BCUT2D eigenvalue weighted by molar-refractivity contribution is 0.0769. The third kappa shape index (κ3) is 6.20. The first-order valence-corrected chi connectivity index (χ1v) is 14.2. The fourth-order valence-corrected chi connectivity index (χ4v) is 5.86. The summed E-state index contributed by atoms with van der Waals surface area (Å²) in [6.07, 6.45) is 3.94. The number of anilines is 2. The largest absolute Gasteiger partial charge is 0.487 e. The van der Waals surface area contributed by atoms with Gasteiger partial charge in [-0.1, -0.05) is 29.8 Å². The van der Waals surface area contributed by atoms with E-state index in [1.165, 1.54) is 24.1 Å². The van der Waals surface area contributed by atoms with Gasteiger partial charge in [0.2, 0.25) is 0 Å². The molecule has 0 spiro atoms. The number of rotatable bonds is 8. The summed E-state index contributed by atoms with van der Waals surface area (Å²) in [5.74, 6) is 0.982. The second-order valence-corrected chi connectivity index (χ2v) is 11.1. The van der Waals surface area contributed by atoms with Gasteiger partial charge in [-0.2, -0.15) is 0 Å². The Morgan fingerprint density at radius 3 is 2.70 bits per heavy atom. The summed E-state index contributed by atoms with van der Waals surface area (Å²) < 4.78 is 19.3.